The van der Waals surface area contributed by atoms with Crippen LogP contribution in [-0.2, 0) is 17.9 Å². The van der Waals surface area contributed by atoms with Crippen molar-refractivity contribution in [3.8, 4) is 5.75 Å². The van der Waals surface area contributed by atoms with Gasteiger partial charge in [0.05, 0.1) is 6.10 Å². The summed E-state index contributed by atoms with van der Waals surface area (Å²) in [5.41, 5.74) is 2.80. The molecule has 1 amide bonds. The fraction of sp³-hybridized carbons (Fsp3) is 0.417. The lowest BCUT2D eigenvalue weighted by Gasteiger charge is -2.29. The number of nitrogens with zero attached hydrogens (tertiary/aromatic N) is 1. The van der Waals surface area contributed by atoms with Crippen molar-refractivity contribution in [1.29, 1.82) is 0 Å². The third-order valence-electron chi connectivity index (χ3n) is 5.38. The fourth-order valence-electron chi connectivity index (χ4n) is 3.48. The quantitative estimate of drug-likeness (QED) is 0.654. The highest BCUT2D eigenvalue weighted by Gasteiger charge is 2.17. The molecule has 0 saturated carbocycles. The Labute approximate surface area is 177 Å². The predicted octanol–water partition coefficient (Wildman–Crippen LogP) is 2.93. The molecule has 6 heteroatoms. The number of aliphatic hydroxyl groups excluding tert-OH is 1. The molecule has 2 N–H and O–H groups in total. The highest BCUT2D eigenvalue weighted by atomic mass is 16.5. The van der Waals surface area contributed by atoms with E-state index < -0.39 is 6.10 Å². The van der Waals surface area contributed by atoms with E-state index in [1.807, 2.05) is 12.1 Å². The van der Waals surface area contributed by atoms with E-state index in [1.54, 1.807) is 31.2 Å². The highest BCUT2D eigenvalue weighted by molar-refractivity contribution is 5.94. The van der Waals surface area contributed by atoms with Gasteiger partial charge in [-0.3, -0.25) is 14.5 Å². The Morgan fingerprint density at radius 1 is 1.13 bits per heavy atom. The average Bonchev–Trinajstić information content (AvgIpc) is 2.74. The molecule has 2 aromatic rings. The summed E-state index contributed by atoms with van der Waals surface area (Å²) in [5, 5.41) is 12.5. The summed E-state index contributed by atoms with van der Waals surface area (Å²) in [4.78, 5) is 26.2. The van der Waals surface area contributed by atoms with Crippen LogP contribution < -0.4 is 10.1 Å². The third-order valence-corrected chi connectivity index (χ3v) is 5.38. The van der Waals surface area contributed by atoms with Gasteiger partial charge in [-0.25, -0.2) is 0 Å². The minimum absolute atomic E-state index is 0.0427. The van der Waals surface area contributed by atoms with Gasteiger partial charge in [-0.2, -0.15) is 0 Å². The van der Waals surface area contributed by atoms with Gasteiger partial charge >= 0.3 is 0 Å². The second kappa shape index (κ2) is 10.4. The van der Waals surface area contributed by atoms with Crippen molar-refractivity contribution in [2.24, 2.45) is 0 Å². The van der Waals surface area contributed by atoms with Gasteiger partial charge in [-0.15, -0.1) is 0 Å². The van der Waals surface area contributed by atoms with Crippen molar-refractivity contribution in [3.63, 3.8) is 0 Å². The summed E-state index contributed by atoms with van der Waals surface area (Å²) in [6, 6.07) is 15.1. The molecule has 0 spiro atoms. The summed E-state index contributed by atoms with van der Waals surface area (Å²) in [7, 11) is 0. The van der Waals surface area contributed by atoms with Crippen LogP contribution in [0.1, 0.15) is 48.2 Å². The van der Waals surface area contributed by atoms with Gasteiger partial charge in [0.15, 0.2) is 11.9 Å². The van der Waals surface area contributed by atoms with Gasteiger partial charge in [0.25, 0.3) is 5.91 Å². The standard InChI is InChI=1S/C24H30N2O4/c1-17(27)21-4-3-5-23(14-21)30-18(2)24(29)25-15-19-6-8-20(9-7-19)16-26-12-10-22(28)11-13-26/h3-9,14,18,22,28H,10-13,15-16H2,1-2H3,(H,25,29). The first-order valence-electron chi connectivity index (χ1n) is 10.4. The van der Waals surface area contributed by atoms with E-state index >= 15 is 0 Å². The van der Waals surface area contributed by atoms with Crippen LogP contribution in [0.15, 0.2) is 48.5 Å². The fourth-order valence-corrected chi connectivity index (χ4v) is 3.48. The summed E-state index contributed by atoms with van der Waals surface area (Å²) in [5.74, 6) is 0.248. The lowest BCUT2D eigenvalue weighted by Crippen LogP contribution is -2.36. The molecule has 1 unspecified atom stereocenters. The molecule has 0 bridgehead atoms. The van der Waals surface area contributed by atoms with Crippen molar-refractivity contribution in [1.82, 2.24) is 10.2 Å². The molecular weight excluding hydrogens is 380 g/mol. The lowest BCUT2D eigenvalue weighted by molar-refractivity contribution is -0.127. The molecule has 2 aromatic carbocycles. The van der Waals surface area contributed by atoms with Gasteiger partial charge in [0.1, 0.15) is 5.75 Å². The van der Waals surface area contributed by atoms with Gasteiger partial charge in [-0.1, -0.05) is 36.4 Å². The molecule has 3 rings (SSSR count). The lowest BCUT2D eigenvalue weighted by atomic mass is 10.1. The molecule has 1 aliphatic rings. The van der Waals surface area contributed by atoms with Crippen LogP contribution in [0.4, 0.5) is 0 Å². The second-order valence-electron chi connectivity index (χ2n) is 7.89. The van der Waals surface area contributed by atoms with E-state index in [0.717, 1.165) is 38.0 Å². The number of rotatable bonds is 8. The summed E-state index contributed by atoms with van der Waals surface area (Å²) in [6.45, 7) is 6.34. The zero-order valence-corrected chi connectivity index (χ0v) is 17.6. The molecule has 1 fully saturated rings. The smallest absolute Gasteiger partial charge is 0.261 e. The molecule has 1 heterocycles. The van der Waals surface area contributed by atoms with E-state index in [4.69, 9.17) is 4.74 Å². The zero-order chi connectivity index (χ0) is 21.5. The topological polar surface area (TPSA) is 78.9 Å². The average molecular weight is 411 g/mol. The number of hydrogen-bond donors (Lipinski definition) is 2. The van der Waals surface area contributed by atoms with Crippen LogP contribution in [0, 0.1) is 0 Å². The number of benzene rings is 2. The maximum absolute atomic E-state index is 12.4. The van der Waals surface area contributed by atoms with E-state index in [0.29, 0.717) is 17.9 Å². The summed E-state index contributed by atoms with van der Waals surface area (Å²) >= 11 is 0. The zero-order valence-electron chi connectivity index (χ0n) is 17.6. The predicted molar refractivity (Wildman–Crippen MR) is 115 cm³/mol. The number of amides is 1. The Kier molecular flexibility index (Phi) is 7.60. The molecule has 30 heavy (non-hydrogen) atoms. The van der Waals surface area contributed by atoms with Crippen LogP contribution in [0.25, 0.3) is 0 Å². The summed E-state index contributed by atoms with van der Waals surface area (Å²) < 4.78 is 5.68. The molecule has 6 nitrogen and oxygen atoms in total. The highest BCUT2D eigenvalue weighted by Crippen LogP contribution is 2.16. The van der Waals surface area contributed by atoms with Gasteiger partial charge in [-0.05, 0) is 49.9 Å². The molecular formula is C24H30N2O4. The van der Waals surface area contributed by atoms with Crippen molar-refractivity contribution in [2.75, 3.05) is 13.1 Å². The number of carbonyl (C=O) groups excluding carboxylic acids is 2. The first kappa shape index (κ1) is 22.0. The number of hydrogen-bond acceptors (Lipinski definition) is 5. The van der Waals surface area contributed by atoms with E-state index in [1.165, 1.54) is 12.5 Å². The Morgan fingerprint density at radius 3 is 2.47 bits per heavy atom. The van der Waals surface area contributed by atoms with Crippen LogP contribution in [0.3, 0.4) is 0 Å². The molecule has 0 aromatic heterocycles. The van der Waals surface area contributed by atoms with Crippen LogP contribution >= 0.6 is 0 Å². The molecule has 160 valence electrons. The van der Waals surface area contributed by atoms with Crippen molar-refractivity contribution < 1.29 is 19.4 Å². The number of nitrogens with one attached hydrogen (secondary N) is 1. The number of aliphatic hydroxyl groups is 1. The van der Waals surface area contributed by atoms with Gasteiger partial charge in [0, 0.05) is 31.7 Å². The van der Waals surface area contributed by atoms with Crippen molar-refractivity contribution in [2.45, 2.75) is 52.0 Å². The number of ether oxygens (including phenoxy) is 1. The van der Waals surface area contributed by atoms with E-state index in [2.05, 4.69) is 22.3 Å². The SMILES string of the molecule is CC(=O)c1cccc(OC(C)C(=O)NCc2ccc(CN3CCC(O)CC3)cc2)c1. The molecule has 1 saturated heterocycles. The minimum atomic E-state index is -0.666. The van der Waals surface area contributed by atoms with Gasteiger partial charge in [0.2, 0.25) is 0 Å². The van der Waals surface area contributed by atoms with Crippen LogP contribution in [0.2, 0.25) is 0 Å². The molecule has 1 aliphatic heterocycles. The van der Waals surface area contributed by atoms with Crippen molar-refractivity contribution in [3.05, 3.63) is 65.2 Å². The Bertz CT molecular complexity index is 858. The number of Topliss-reactive ketones (excluding diaryl/α,β-unsaturated/α-hetero) is 1. The Morgan fingerprint density at radius 2 is 1.80 bits per heavy atom. The minimum Gasteiger partial charge on any atom is -0.481 e. The maximum Gasteiger partial charge on any atom is 0.261 e. The monoisotopic (exact) mass is 410 g/mol. The molecule has 0 aliphatic carbocycles. The first-order valence-corrected chi connectivity index (χ1v) is 10.4. The summed E-state index contributed by atoms with van der Waals surface area (Å²) in [6.07, 6.45) is 0.852. The number of likely N-dealkylation sites (tertiary alicyclic amines) is 1. The van der Waals surface area contributed by atoms with Crippen molar-refractivity contribution >= 4 is 11.7 Å². The Hall–Kier alpha value is -2.70. The van der Waals surface area contributed by atoms with Crippen LogP contribution in [0.5, 0.6) is 5.75 Å². The maximum atomic E-state index is 12.4. The van der Waals surface area contributed by atoms with E-state index in [-0.39, 0.29) is 17.8 Å². The molecule has 0 radical (unpaired) electrons. The number of carbonyl (C=O) groups is 2. The number of piperidine rings is 1. The van der Waals surface area contributed by atoms with E-state index in [9.17, 15) is 14.7 Å². The third kappa shape index (κ3) is 6.40. The van der Waals surface area contributed by atoms with Gasteiger partial charge < -0.3 is 15.2 Å². The van der Waals surface area contributed by atoms with Crippen LogP contribution in [-0.4, -0.2) is 47.0 Å². The largest absolute Gasteiger partial charge is 0.481 e. The molecule has 1 atom stereocenters. The first-order chi connectivity index (χ1) is 14.4. The Balaban J connectivity index is 1.46. The number of ketones is 1. The second-order valence-corrected chi connectivity index (χ2v) is 7.89. The normalized spacial score (nSPS) is 16.1.